The summed E-state index contributed by atoms with van der Waals surface area (Å²) in [5, 5.41) is 3.50. The molecule has 2 unspecified atom stereocenters. The Kier molecular flexibility index (Phi) is 4.46. The third kappa shape index (κ3) is 3.89. The Labute approximate surface area is 123 Å². The number of aromatic nitrogens is 2. The zero-order valence-corrected chi connectivity index (χ0v) is 13.6. The predicted octanol–water partition coefficient (Wildman–Crippen LogP) is 3.52. The Bertz CT molecular complexity index is 445. The van der Waals surface area contributed by atoms with E-state index in [2.05, 4.69) is 52.0 Å². The van der Waals surface area contributed by atoms with Crippen LogP contribution in [0.5, 0.6) is 0 Å². The molecule has 0 radical (unpaired) electrons. The molecule has 0 saturated heterocycles. The molecule has 1 aromatic rings. The third-order valence-electron chi connectivity index (χ3n) is 3.44. The van der Waals surface area contributed by atoms with Crippen molar-refractivity contribution >= 4 is 21.7 Å². The monoisotopic (exact) mass is 327 g/mol. The maximum atomic E-state index is 5.40. The molecule has 4 nitrogen and oxygen atoms in total. The fourth-order valence-corrected chi connectivity index (χ4v) is 2.71. The average molecular weight is 328 g/mol. The van der Waals surface area contributed by atoms with E-state index in [0.29, 0.717) is 12.1 Å². The first-order valence-corrected chi connectivity index (χ1v) is 7.52. The van der Waals surface area contributed by atoms with Gasteiger partial charge in [0.15, 0.2) is 0 Å². The molecule has 0 bridgehead atoms. The van der Waals surface area contributed by atoms with Crippen LogP contribution in [0.15, 0.2) is 10.7 Å². The molecule has 1 aliphatic rings. The topological polar surface area (TPSA) is 47.0 Å². The molecule has 2 atom stereocenters. The molecule has 1 N–H and O–H groups in total. The number of halogens is 1. The van der Waals surface area contributed by atoms with Crippen LogP contribution in [0.1, 0.15) is 45.9 Å². The molecular formula is C14H22BrN3O. The first-order chi connectivity index (χ1) is 8.88. The average Bonchev–Trinajstić information content (AvgIpc) is 2.75. The largest absolute Gasteiger partial charge is 0.381 e. The molecule has 19 heavy (non-hydrogen) atoms. The van der Waals surface area contributed by atoms with Crippen molar-refractivity contribution in [3.8, 4) is 0 Å². The van der Waals surface area contributed by atoms with Crippen LogP contribution in [0.3, 0.4) is 0 Å². The van der Waals surface area contributed by atoms with Crippen molar-refractivity contribution in [2.75, 3.05) is 12.4 Å². The van der Waals surface area contributed by atoms with Gasteiger partial charge in [-0.25, -0.2) is 9.97 Å². The van der Waals surface area contributed by atoms with E-state index >= 15 is 0 Å². The van der Waals surface area contributed by atoms with Gasteiger partial charge in [-0.15, -0.1) is 0 Å². The SMILES string of the molecule is COC1CCC(Nc2cc(Br)nc(C(C)(C)C)n2)C1. The summed E-state index contributed by atoms with van der Waals surface area (Å²) >= 11 is 3.46. The summed E-state index contributed by atoms with van der Waals surface area (Å²) in [6, 6.07) is 2.38. The summed E-state index contributed by atoms with van der Waals surface area (Å²) in [5.74, 6) is 1.75. The van der Waals surface area contributed by atoms with Crippen molar-refractivity contribution in [2.45, 2.75) is 57.6 Å². The normalized spacial score (nSPS) is 23.6. The predicted molar refractivity (Wildman–Crippen MR) is 80.5 cm³/mol. The molecule has 1 saturated carbocycles. The zero-order chi connectivity index (χ0) is 14.0. The smallest absolute Gasteiger partial charge is 0.137 e. The minimum atomic E-state index is -0.0506. The highest BCUT2D eigenvalue weighted by Gasteiger charge is 2.25. The van der Waals surface area contributed by atoms with E-state index in [1.807, 2.05) is 6.07 Å². The second kappa shape index (κ2) is 5.75. The van der Waals surface area contributed by atoms with Crippen LogP contribution < -0.4 is 5.32 Å². The number of hydrogen-bond donors (Lipinski definition) is 1. The van der Waals surface area contributed by atoms with Gasteiger partial charge in [0.05, 0.1) is 6.10 Å². The highest BCUT2D eigenvalue weighted by atomic mass is 79.9. The molecule has 1 heterocycles. The number of hydrogen-bond acceptors (Lipinski definition) is 4. The zero-order valence-electron chi connectivity index (χ0n) is 12.0. The van der Waals surface area contributed by atoms with Crippen molar-refractivity contribution in [2.24, 2.45) is 0 Å². The summed E-state index contributed by atoms with van der Waals surface area (Å²) in [6.45, 7) is 6.36. The van der Waals surface area contributed by atoms with E-state index in [4.69, 9.17) is 4.74 Å². The minimum Gasteiger partial charge on any atom is -0.381 e. The molecule has 2 rings (SSSR count). The van der Waals surface area contributed by atoms with Gasteiger partial charge >= 0.3 is 0 Å². The lowest BCUT2D eigenvalue weighted by molar-refractivity contribution is 0.108. The van der Waals surface area contributed by atoms with Crippen molar-refractivity contribution in [3.05, 3.63) is 16.5 Å². The second-order valence-electron chi connectivity index (χ2n) is 6.16. The van der Waals surface area contributed by atoms with Crippen molar-refractivity contribution in [3.63, 3.8) is 0 Å². The maximum Gasteiger partial charge on any atom is 0.137 e. The van der Waals surface area contributed by atoms with E-state index in [1.54, 1.807) is 7.11 Å². The van der Waals surface area contributed by atoms with Gasteiger partial charge in [-0.3, -0.25) is 0 Å². The Morgan fingerprint density at radius 1 is 1.32 bits per heavy atom. The molecule has 106 valence electrons. The number of nitrogens with one attached hydrogen (secondary N) is 1. The van der Waals surface area contributed by atoms with Crippen LogP contribution in [0.25, 0.3) is 0 Å². The number of nitrogens with zero attached hydrogens (tertiary/aromatic N) is 2. The molecule has 0 aromatic carbocycles. The molecule has 0 spiro atoms. The van der Waals surface area contributed by atoms with Gasteiger partial charge in [0.1, 0.15) is 16.2 Å². The van der Waals surface area contributed by atoms with E-state index < -0.39 is 0 Å². The lowest BCUT2D eigenvalue weighted by atomic mass is 9.96. The molecule has 1 aromatic heterocycles. The van der Waals surface area contributed by atoms with E-state index in [1.165, 1.54) is 0 Å². The van der Waals surface area contributed by atoms with E-state index in [-0.39, 0.29) is 5.41 Å². The van der Waals surface area contributed by atoms with Gasteiger partial charge in [0.25, 0.3) is 0 Å². The Morgan fingerprint density at radius 2 is 2.05 bits per heavy atom. The van der Waals surface area contributed by atoms with Gasteiger partial charge in [0.2, 0.25) is 0 Å². The summed E-state index contributed by atoms with van der Waals surface area (Å²) in [4.78, 5) is 9.08. The van der Waals surface area contributed by atoms with E-state index in [9.17, 15) is 0 Å². The van der Waals surface area contributed by atoms with Gasteiger partial charge in [-0.2, -0.15) is 0 Å². The molecule has 1 fully saturated rings. The van der Waals surface area contributed by atoms with Crippen molar-refractivity contribution < 1.29 is 4.74 Å². The highest BCUT2D eigenvalue weighted by Crippen LogP contribution is 2.27. The highest BCUT2D eigenvalue weighted by molar-refractivity contribution is 9.10. The maximum absolute atomic E-state index is 5.40. The van der Waals surface area contributed by atoms with Crippen LogP contribution in [-0.2, 0) is 10.2 Å². The van der Waals surface area contributed by atoms with Gasteiger partial charge in [-0.1, -0.05) is 20.8 Å². The van der Waals surface area contributed by atoms with Gasteiger partial charge in [-0.05, 0) is 35.2 Å². The van der Waals surface area contributed by atoms with E-state index in [0.717, 1.165) is 35.5 Å². The Morgan fingerprint density at radius 3 is 2.63 bits per heavy atom. The standard InChI is InChI=1S/C14H22BrN3O/c1-14(2,3)13-17-11(15)8-12(18-13)16-9-5-6-10(7-9)19-4/h8-10H,5-7H2,1-4H3,(H,16,17,18). The summed E-state index contributed by atoms with van der Waals surface area (Å²) in [7, 11) is 1.78. The molecule has 5 heteroatoms. The summed E-state index contributed by atoms with van der Waals surface area (Å²) in [5.41, 5.74) is -0.0506. The van der Waals surface area contributed by atoms with Gasteiger partial charge in [0, 0.05) is 24.6 Å². The fourth-order valence-electron chi connectivity index (χ4n) is 2.32. The lowest BCUT2D eigenvalue weighted by Gasteiger charge is -2.19. The molecule has 1 aliphatic carbocycles. The van der Waals surface area contributed by atoms with Gasteiger partial charge < -0.3 is 10.1 Å². The lowest BCUT2D eigenvalue weighted by Crippen LogP contribution is -2.21. The number of methoxy groups -OCH3 is 1. The number of rotatable bonds is 3. The number of anilines is 1. The van der Waals surface area contributed by atoms with Crippen LogP contribution in [0.4, 0.5) is 5.82 Å². The van der Waals surface area contributed by atoms with Crippen LogP contribution in [0, 0.1) is 0 Å². The van der Waals surface area contributed by atoms with Crippen molar-refractivity contribution in [1.29, 1.82) is 0 Å². The Balaban J connectivity index is 2.11. The summed E-state index contributed by atoms with van der Waals surface area (Å²) < 4.78 is 6.23. The van der Waals surface area contributed by atoms with Crippen molar-refractivity contribution in [1.82, 2.24) is 9.97 Å². The van der Waals surface area contributed by atoms with Crippen LogP contribution in [0.2, 0.25) is 0 Å². The fraction of sp³-hybridized carbons (Fsp3) is 0.714. The molecular weight excluding hydrogens is 306 g/mol. The van der Waals surface area contributed by atoms with Crippen LogP contribution in [-0.4, -0.2) is 29.2 Å². The quantitative estimate of drug-likeness (QED) is 0.863. The summed E-state index contributed by atoms with van der Waals surface area (Å²) in [6.07, 6.45) is 3.67. The molecule has 0 amide bonds. The third-order valence-corrected chi connectivity index (χ3v) is 3.84. The number of ether oxygens (including phenoxy) is 1. The second-order valence-corrected chi connectivity index (χ2v) is 6.97. The van der Waals surface area contributed by atoms with Crippen LogP contribution >= 0.6 is 15.9 Å². The first kappa shape index (κ1) is 14.7. The Hall–Kier alpha value is -0.680. The first-order valence-electron chi connectivity index (χ1n) is 6.73. The minimum absolute atomic E-state index is 0.0506. The molecule has 0 aliphatic heterocycles.